The Hall–Kier alpha value is -2.50. The zero-order chi connectivity index (χ0) is 20.0. The molecule has 6 heteroatoms. The number of hydrogen-bond donors (Lipinski definition) is 3. The maximum atomic E-state index is 12.1. The quantitative estimate of drug-likeness (QED) is 0.250. The zero-order valence-corrected chi connectivity index (χ0v) is 17.0. The summed E-state index contributed by atoms with van der Waals surface area (Å²) in [5, 5.41) is 9.51. The molecular formula is C22H34N4O2. The van der Waals surface area contributed by atoms with Crippen molar-refractivity contribution < 1.29 is 9.53 Å². The van der Waals surface area contributed by atoms with E-state index in [1.54, 1.807) is 13.1 Å². The monoisotopic (exact) mass is 386 g/mol. The fourth-order valence-electron chi connectivity index (χ4n) is 3.45. The van der Waals surface area contributed by atoms with Gasteiger partial charge in [0.25, 0.3) is 0 Å². The summed E-state index contributed by atoms with van der Waals surface area (Å²) in [7, 11) is 1.73. The maximum Gasteiger partial charge on any atom is 0.220 e. The minimum Gasteiger partial charge on any atom is -0.489 e. The maximum absolute atomic E-state index is 12.1. The van der Waals surface area contributed by atoms with E-state index in [1.807, 2.05) is 24.3 Å². The molecule has 1 amide bonds. The van der Waals surface area contributed by atoms with Crippen molar-refractivity contribution in [3.8, 4) is 5.75 Å². The second-order valence-electron chi connectivity index (χ2n) is 7.12. The molecule has 28 heavy (non-hydrogen) atoms. The van der Waals surface area contributed by atoms with Gasteiger partial charge in [-0.25, -0.2) is 0 Å². The van der Waals surface area contributed by atoms with Crippen LogP contribution in [0.1, 0.15) is 44.1 Å². The van der Waals surface area contributed by atoms with Gasteiger partial charge in [0.15, 0.2) is 5.96 Å². The van der Waals surface area contributed by atoms with E-state index in [9.17, 15) is 4.79 Å². The largest absolute Gasteiger partial charge is 0.489 e. The lowest BCUT2D eigenvalue weighted by Gasteiger charge is -2.21. The second-order valence-corrected chi connectivity index (χ2v) is 7.12. The Bertz CT molecular complexity index is 639. The Morgan fingerprint density at radius 2 is 1.93 bits per heavy atom. The first-order valence-corrected chi connectivity index (χ1v) is 10.3. The number of rotatable bonds is 10. The van der Waals surface area contributed by atoms with Crippen LogP contribution in [0.25, 0.3) is 0 Å². The number of para-hydroxylation sites is 1. The minimum atomic E-state index is 0.157. The third-order valence-corrected chi connectivity index (χ3v) is 4.94. The molecule has 3 N–H and O–H groups in total. The third-order valence-electron chi connectivity index (χ3n) is 4.94. The summed E-state index contributed by atoms with van der Waals surface area (Å²) >= 11 is 0. The highest BCUT2D eigenvalue weighted by atomic mass is 16.5. The minimum absolute atomic E-state index is 0.157. The highest BCUT2D eigenvalue weighted by molar-refractivity contribution is 5.80. The molecule has 0 radical (unpaired) electrons. The van der Waals surface area contributed by atoms with Crippen LogP contribution in [-0.4, -0.2) is 38.6 Å². The van der Waals surface area contributed by atoms with Gasteiger partial charge in [-0.2, -0.15) is 0 Å². The van der Waals surface area contributed by atoms with E-state index >= 15 is 0 Å². The molecule has 0 unspecified atom stereocenters. The molecule has 0 aromatic heterocycles. The van der Waals surface area contributed by atoms with Crippen LogP contribution in [0.15, 0.2) is 41.9 Å². The molecule has 0 saturated heterocycles. The molecule has 0 spiro atoms. The van der Waals surface area contributed by atoms with E-state index in [1.165, 1.54) is 32.1 Å². The Balaban J connectivity index is 1.66. The number of aliphatic imine (C=N–C) groups is 1. The van der Waals surface area contributed by atoms with Crippen molar-refractivity contribution in [2.24, 2.45) is 10.9 Å². The molecule has 1 saturated carbocycles. The average molecular weight is 387 g/mol. The predicted molar refractivity (Wildman–Crippen MR) is 115 cm³/mol. The molecule has 2 rings (SSSR count). The highest BCUT2D eigenvalue weighted by Gasteiger charge is 2.16. The zero-order valence-electron chi connectivity index (χ0n) is 17.0. The number of nitrogens with zero attached hydrogens (tertiary/aromatic N) is 1. The summed E-state index contributed by atoms with van der Waals surface area (Å²) in [6.07, 6.45) is 8.63. The number of benzene rings is 1. The number of guanidine groups is 1. The van der Waals surface area contributed by atoms with E-state index < -0.39 is 0 Å². The molecule has 1 aromatic rings. The van der Waals surface area contributed by atoms with Crippen molar-refractivity contribution in [1.82, 2.24) is 16.0 Å². The Kier molecular flexibility index (Phi) is 9.97. The number of carbonyl (C=O) groups excluding carboxylic acids is 1. The molecule has 1 aliphatic rings. The fraction of sp³-hybridized carbons (Fsp3) is 0.545. The van der Waals surface area contributed by atoms with Crippen molar-refractivity contribution in [1.29, 1.82) is 0 Å². The Morgan fingerprint density at radius 3 is 2.68 bits per heavy atom. The van der Waals surface area contributed by atoms with Crippen molar-refractivity contribution in [2.75, 3.05) is 26.7 Å². The molecule has 154 valence electrons. The summed E-state index contributed by atoms with van der Waals surface area (Å²) in [6, 6.07) is 7.89. The van der Waals surface area contributed by atoms with E-state index in [0.717, 1.165) is 11.3 Å². The van der Waals surface area contributed by atoms with Gasteiger partial charge >= 0.3 is 0 Å². The van der Waals surface area contributed by atoms with Crippen LogP contribution in [-0.2, 0) is 11.3 Å². The molecule has 0 atom stereocenters. The molecule has 1 fully saturated rings. The van der Waals surface area contributed by atoms with Crippen LogP contribution in [0, 0.1) is 5.92 Å². The van der Waals surface area contributed by atoms with Gasteiger partial charge in [0, 0.05) is 38.7 Å². The van der Waals surface area contributed by atoms with Crippen LogP contribution in [0.5, 0.6) is 5.75 Å². The number of carbonyl (C=O) groups is 1. The number of ether oxygens (including phenoxy) is 1. The summed E-state index contributed by atoms with van der Waals surface area (Å²) in [5.74, 6) is 2.25. The lowest BCUT2D eigenvalue weighted by Crippen LogP contribution is -2.41. The number of hydrogen-bond acceptors (Lipinski definition) is 3. The van der Waals surface area contributed by atoms with Gasteiger partial charge in [0.2, 0.25) is 5.91 Å². The van der Waals surface area contributed by atoms with Crippen LogP contribution in [0.4, 0.5) is 0 Å². The smallest absolute Gasteiger partial charge is 0.220 e. The SMILES string of the molecule is C=CCOc1ccccc1CNC(=NC)NCCNC(=O)CC1CCCCC1. The van der Waals surface area contributed by atoms with Gasteiger partial charge in [-0.1, -0.05) is 50.1 Å². The first-order chi connectivity index (χ1) is 13.7. The normalized spacial score (nSPS) is 15.0. The summed E-state index contributed by atoms with van der Waals surface area (Å²) < 4.78 is 5.67. The van der Waals surface area contributed by atoms with Crippen LogP contribution in [0.3, 0.4) is 0 Å². The molecular weight excluding hydrogens is 352 g/mol. The topological polar surface area (TPSA) is 74.8 Å². The molecule has 6 nitrogen and oxygen atoms in total. The molecule has 0 aliphatic heterocycles. The lowest BCUT2D eigenvalue weighted by molar-refractivity contribution is -0.122. The highest BCUT2D eigenvalue weighted by Crippen LogP contribution is 2.25. The van der Waals surface area contributed by atoms with Crippen molar-refractivity contribution in [3.05, 3.63) is 42.5 Å². The first kappa shape index (κ1) is 21.8. The van der Waals surface area contributed by atoms with Gasteiger partial charge in [-0.3, -0.25) is 9.79 Å². The van der Waals surface area contributed by atoms with Crippen molar-refractivity contribution in [3.63, 3.8) is 0 Å². The van der Waals surface area contributed by atoms with Crippen molar-refractivity contribution >= 4 is 11.9 Å². The van der Waals surface area contributed by atoms with E-state index in [-0.39, 0.29) is 5.91 Å². The lowest BCUT2D eigenvalue weighted by atomic mass is 9.87. The van der Waals surface area contributed by atoms with E-state index in [0.29, 0.717) is 44.5 Å². The Labute approximate surface area is 168 Å². The van der Waals surface area contributed by atoms with Crippen LogP contribution < -0.4 is 20.7 Å². The summed E-state index contributed by atoms with van der Waals surface area (Å²) in [5.41, 5.74) is 1.05. The standard InChI is InChI=1S/C22H34N4O2/c1-3-15-28-20-12-8-7-11-19(20)17-26-22(23-2)25-14-13-24-21(27)16-18-9-5-4-6-10-18/h3,7-8,11-12,18H,1,4-6,9-10,13-17H2,2H3,(H,24,27)(H2,23,25,26). The van der Waals surface area contributed by atoms with Gasteiger partial charge in [0.1, 0.15) is 12.4 Å². The number of amides is 1. The summed E-state index contributed by atoms with van der Waals surface area (Å²) in [6.45, 7) is 5.97. The average Bonchev–Trinajstić information content (AvgIpc) is 2.73. The predicted octanol–water partition coefficient (Wildman–Crippen LogP) is 3.00. The summed E-state index contributed by atoms with van der Waals surface area (Å²) in [4.78, 5) is 16.3. The van der Waals surface area contributed by atoms with Crippen LogP contribution in [0.2, 0.25) is 0 Å². The van der Waals surface area contributed by atoms with Gasteiger partial charge in [-0.05, 0) is 24.8 Å². The fourth-order valence-corrected chi connectivity index (χ4v) is 3.45. The van der Waals surface area contributed by atoms with Gasteiger partial charge < -0.3 is 20.7 Å². The third kappa shape index (κ3) is 8.03. The van der Waals surface area contributed by atoms with Crippen molar-refractivity contribution in [2.45, 2.75) is 45.1 Å². The van der Waals surface area contributed by atoms with E-state index in [4.69, 9.17) is 4.74 Å². The molecule has 1 aliphatic carbocycles. The Morgan fingerprint density at radius 1 is 1.18 bits per heavy atom. The first-order valence-electron chi connectivity index (χ1n) is 10.3. The van der Waals surface area contributed by atoms with Crippen LogP contribution >= 0.6 is 0 Å². The molecule has 0 heterocycles. The van der Waals surface area contributed by atoms with Gasteiger partial charge in [0.05, 0.1) is 0 Å². The van der Waals surface area contributed by atoms with Gasteiger partial charge in [-0.15, -0.1) is 0 Å². The molecule has 0 bridgehead atoms. The second kappa shape index (κ2) is 12.8. The van der Waals surface area contributed by atoms with E-state index in [2.05, 4.69) is 27.5 Å². The number of nitrogens with one attached hydrogen (secondary N) is 3. The molecule has 1 aromatic carbocycles.